The van der Waals surface area contributed by atoms with Crippen LogP contribution < -0.4 is 20.1 Å². The molecule has 1 aromatic rings. The van der Waals surface area contributed by atoms with Gasteiger partial charge in [0.1, 0.15) is 13.2 Å². The second kappa shape index (κ2) is 6.29. The van der Waals surface area contributed by atoms with Gasteiger partial charge in [0.25, 0.3) is 0 Å². The number of amides is 2. The minimum atomic E-state index is -0.556. The van der Waals surface area contributed by atoms with Crippen LogP contribution in [0.3, 0.4) is 0 Å². The van der Waals surface area contributed by atoms with E-state index in [0.29, 0.717) is 25.5 Å². The van der Waals surface area contributed by atoms with Crippen LogP contribution in [0, 0.1) is 0 Å². The molecule has 0 aromatic heterocycles. The molecule has 1 aromatic carbocycles. The van der Waals surface area contributed by atoms with Crippen molar-refractivity contribution in [2.45, 2.75) is 19.6 Å². The van der Waals surface area contributed by atoms with E-state index in [9.17, 15) is 4.79 Å². The third-order valence-electron chi connectivity index (χ3n) is 2.62. The lowest BCUT2D eigenvalue weighted by atomic mass is 10.2. The van der Waals surface area contributed by atoms with Crippen LogP contribution in [0.2, 0.25) is 0 Å². The van der Waals surface area contributed by atoms with Gasteiger partial charge in [0, 0.05) is 13.1 Å². The zero-order valence-electron chi connectivity index (χ0n) is 10.8. The highest BCUT2D eigenvalue weighted by Gasteiger charge is 2.11. The van der Waals surface area contributed by atoms with Crippen LogP contribution in [-0.2, 0) is 6.54 Å². The van der Waals surface area contributed by atoms with Crippen LogP contribution in [0.1, 0.15) is 12.5 Å². The number of urea groups is 1. The van der Waals surface area contributed by atoms with E-state index < -0.39 is 6.10 Å². The summed E-state index contributed by atoms with van der Waals surface area (Å²) in [5, 5.41) is 14.3. The highest BCUT2D eigenvalue weighted by atomic mass is 16.6. The average molecular weight is 266 g/mol. The largest absolute Gasteiger partial charge is 0.486 e. The SMILES string of the molecule is C[C@H](O)CNC(=O)NCc1ccc2c(c1)OCCO2. The normalized spacial score (nSPS) is 14.6. The van der Waals surface area contributed by atoms with Gasteiger partial charge >= 0.3 is 6.03 Å². The molecule has 0 spiro atoms. The first-order valence-electron chi connectivity index (χ1n) is 6.23. The summed E-state index contributed by atoms with van der Waals surface area (Å²) < 4.78 is 10.9. The van der Waals surface area contributed by atoms with E-state index in [4.69, 9.17) is 14.6 Å². The first-order chi connectivity index (χ1) is 9.15. The molecular formula is C13H18N2O4. The van der Waals surface area contributed by atoms with E-state index in [2.05, 4.69) is 10.6 Å². The van der Waals surface area contributed by atoms with E-state index in [1.807, 2.05) is 18.2 Å². The molecule has 6 heteroatoms. The summed E-state index contributed by atoms with van der Waals surface area (Å²) in [5.41, 5.74) is 0.927. The molecule has 1 atom stereocenters. The zero-order chi connectivity index (χ0) is 13.7. The number of carbonyl (C=O) groups excluding carboxylic acids is 1. The lowest BCUT2D eigenvalue weighted by Crippen LogP contribution is -2.38. The van der Waals surface area contributed by atoms with Gasteiger partial charge in [-0.3, -0.25) is 0 Å². The Morgan fingerprint density at radius 1 is 1.32 bits per heavy atom. The second-order valence-electron chi connectivity index (χ2n) is 4.39. The van der Waals surface area contributed by atoms with Crippen molar-refractivity contribution >= 4 is 6.03 Å². The lowest BCUT2D eigenvalue weighted by molar-refractivity contribution is 0.171. The molecule has 0 radical (unpaired) electrons. The van der Waals surface area contributed by atoms with Gasteiger partial charge in [-0.2, -0.15) is 0 Å². The molecule has 0 saturated carbocycles. The Hall–Kier alpha value is -1.95. The van der Waals surface area contributed by atoms with Crippen molar-refractivity contribution in [2.24, 2.45) is 0 Å². The van der Waals surface area contributed by atoms with Gasteiger partial charge in [-0.05, 0) is 24.6 Å². The molecule has 6 nitrogen and oxygen atoms in total. The molecule has 1 aliphatic heterocycles. The van der Waals surface area contributed by atoms with Crippen molar-refractivity contribution < 1.29 is 19.4 Å². The van der Waals surface area contributed by atoms with E-state index in [0.717, 1.165) is 11.3 Å². The topological polar surface area (TPSA) is 79.8 Å². The van der Waals surface area contributed by atoms with Gasteiger partial charge in [0.05, 0.1) is 6.10 Å². The number of carbonyl (C=O) groups is 1. The quantitative estimate of drug-likeness (QED) is 0.747. The van der Waals surface area contributed by atoms with Gasteiger partial charge < -0.3 is 25.2 Å². The minimum Gasteiger partial charge on any atom is -0.486 e. The van der Waals surface area contributed by atoms with Crippen molar-refractivity contribution in [1.29, 1.82) is 0 Å². The summed E-state index contributed by atoms with van der Waals surface area (Å²) in [6, 6.07) is 5.25. The first-order valence-corrected chi connectivity index (χ1v) is 6.23. The number of nitrogens with one attached hydrogen (secondary N) is 2. The maximum Gasteiger partial charge on any atom is 0.315 e. The van der Waals surface area contributed by atoms with Crippen molar-refractivity contribution in [2.75, 3.05) is 19.8 Å². The van der Waals surface area contributed by atoms with Crippen LogP contribution in [0.15, 0.2) is 18.2 Å². The molecular weight excluding hydrogens is 248 g/mol. The number of hydrogen-bond acceptors (Lipinski definition) is 4. The van der Waals surface area contributed by atoms with Crippen molar-refractivity contribution in [1.82, 2.24) is 10.6 Å². The molecule has 0 fully saturated rings. The highest BCUT2D eigenvalue weighted by Crippen LogP contribution is 2.30. The molecule has 1 heterocycles. The predicted octanol–water partition coefficient (Wildman–Crippen LogP) is 0.638. The van der Waals surface area contributed by atoms with Crippen molar-refractivity contribution in [3.8, 4) is 11.5 Å². The van der Waals surface area contributed by atoms with Gasteiger partial charge in [-0.1, -0.05) is 6.07 Å². The van der Waals surface area contributed by atoms with E-state index in [1.165, 1.54) is 0 Å². The molecule has 2 amide bonds. The molecule has 2 rings (SSSR count). The third-order valence-corrected chi connectivity index (χ3v) is 2.62. The number of aliphatic hydroxyl groups excluding tert-OH is 1. The molecule has 0 unspecified atom stereocenters. The number of fused-ring (bicyclic) bond motifs is 1. The van der Waals surface area contributed by atoms with Gasteiger partial charge in [0.2, 0.25) is 0 Å². The minimum absolute atomic E-state index is 0.229. The molecule has 19 heavy (non-hydrogen) atoms. The molecule has 3 N–H and O–H groups in total. The van der Waals surface area contributed by atoms with Crippen molar-refractivity contribution in [3.05, 3.63) is 23.8 Å². The summed E-state index contributed by atoms with van der Waals surface area (Å²) in [6.07, 6.45) is -0.556. The smallest absolute Gasteiger partial charge is 0.315 e. The Morgan fingerprint density at radius 2 is 2.05 bits per heavy atom. The standard InChI is InChI=1S/C13H18N2O4/c1-9(16)7-14-13(17)15-8-10-2-3-11-12(6-10)19-5-4-18-11/h2-3,6,9,16H,4-5,7-8H2,1H3,(H2,14,15,17)/t9-/m0/s1. The molecule has 0 aliphatic carbocycles. The Labute approximate surface area is 111 Å². The second-order valence-corrected chi connectivity index (χ2v) is 4.39. The van der Waals surface area contributed by atoms with E-state index >= 15 is 0 Å². The van der Waals surface area contributed by atoms with Crippen molar-refractivity contribution in [3.63, 3.8) is 0 Å². The number of benzene rings is 1. The fourth-order valence-corrected chi connectivity index (χ4v) is 1.68. The van der Waals surface area contributed by atoms with E-state index in [1.54, 1.807) is 6.92 Å². The maximum atomic E-state index is 11.4. The number of ether oxygens (including phenoxy) is 2. The molecule has 1 aliphatic rings. The summed E-state index contributed by atoms with van der Waals surface area (Å²) in [4.78, 5) is 11.4. The van der Waals surface area contributed by atoms with Gasteiger partial charge in [-0.25, -0.2) is 4.79 Å². The number of aliphatic hydroxyl groups is 1. The Morgan fingerprint density at radius 3 is 2.79 bits per heavy atom. The predicted molar refractivity (Wildman–Crippen MR) is 69.4 cm³/mol. The summed E-state index contributed by atoms with van der Waals surface area (Å²) in [6.45, 7) is 3.33. The molecule has 0 saturated heterocycles. The summed E-state index contributed by atoms with van der Waals surface area (Å²) >= 11 is 0. The zero-order valence-corrected chi connectivity index (χ0v) is 10.8. The highest BCUT2D eigenvalue weighted by molar-refractivity contribution is 5.73. The van der Waals surface area contributed by atoms with Crippen LogP contribution >= 0.6 is 0 Å². The Bertz CT molecular complexity index is 448. The van der Waals surface area contributed by atoms with Crippen LogP contribution in [0.5, 0.6) is 11.5 Å². The van der Waals surface area contributed by atoms with Crippen LogP contribution in [0.25, 0.3) is 0 Å². The van der Waals surface area contributed by atoms with Crippen LogP contribution in [-0.4, -0.2) is 37.0 Å². The number of rotatable bonds is 4. The Balaban J connectivity index is 1.84. The maximum absolute atomic E-state index is 11.4. The molecule has 104 valence electrons. The monoisotopic (exact) mass is 266 g/mol. The lowest BCUT2D eigenvalue weighted by Gasteiger charge is -2.19. The summed E-state index contributed by atoms with van der Waals surface area (Å²) in [7, 11) is 0. The average Bonchev–Trinajstić information content (AvgIpc) is 2.42. The summed E-state index contributed by atoms with van der Waals surface area (Å²) in [5.74, 6) is 1.43. The Kier molecular flexibility index (Phi) is 4.46. The fraction of sp³-hybridized carbons (Fsp3) is 0.462. The molecule has 0 bridgehead atoms. The van der Waals surface area contributed by atoms with Crippen LogP contribution in [0.4, 0.5) is 4.79 Å². The fourth-order valence-electron chi connectivity index (χ4n) is 1.68. The van der Waals surface area contributed by atoms with E-state index in [-0.39, 0.29) is 12.6 Å². The van der Waals surface area contributed by atoms with Gasteiger partial charge in [0.15, 0.2) is 11.5 Å². The first kappa shape index (κ1) is 13.5. The third kappa shape index (κ3) is 4.03. The number of hydrogen-bond donors (Lipinski definition) is 3. The van der Waals surface area contributed by atoms with Gasteiger partial charge in [-0.15, -0.1) is 0 Å².